The lowest BCUT2D eigenvalue weighted by Gasteiger charge is -2.28. The summed E-state index contributed by atoms with van der Waals surface area (Å²) in [5.74, 6) is -11.5. The van der Waals surface area contributed by atoms with Crippen molar-refractivity contribution in [2.24, 2.45) is 0 Å². The van der Waals surface area contributed by atoms with Crippen LogP contribution in [0.5, 0.6) is 5.75 Å². The third-order valence-electron chi connectivity index (χ3n) is 3.22. The minimum Gasteiger partial charge on any atom is -0.489 e. The van der Waals surface area contributed by atoms with Gasteiger partial charge in [0.1, 0.15) is 12.4 Å². The van der Waals surface area contributed by atoms with Crippen LogP contribution in [0.25, 0.3) is 0 Å². The summed E-state index contributed by atoms with van der Waals surface area (Å²) in [6, 6.07) is 11.6. The van der Waals surface area contributed by atoms with Gasteiger partial charge < -0.3 is 4.74 Å². The van der Waals surface area contributed by atoms with Crippen LogP contribution >= 0.6 is 0 Å². The monoisotopic (exact) mass is 352 g/mol. The topological polar surface area (TPSA) is 9.23 Å². The normalized spacial score (nSPS) is 13.0. The molecule has 2 aromatic rings. The van der Waals surface area contributed by atoms with Crippen LogP contribution in [0.1, 0.15) is 11.1 Å². The highest BCUT2D eigenvalue weighted by atomic mass is 19.4. The summed E-state index contributed by atoms with van der Waals surface area (Å²) in [5, 5.41) is 0. The van der Waals surface area contributed by atoms with E-state index in [1.165, 1.54) is 0 Å². The number of ether oxygens (including phenoxy) is 1. The average molecular weight is 352 g/mol. The molecule has 0 heterocycles. The maximum absolute atomic E-state index is 13.5. The zero-order valence-corrected chi connectivity index (χ0v) is 12.0. The number of alkyl halides is 7. The number of hydrogen-bond acceptors (Lipinski definition) is 1. The van der Waals surface area contributed by atoms with Gasteiger partial charge in [0.05, 0.1) is 0 Å². The van der Waals surface area contributed by atoms with Crippen molar-refractivity contribution in [2.75, 3.05) is 0 Å². The first-order chi connectivity index (χ1) is 11.1. The van der Waals surface area contributed by atoms with Crippen molar-refractivity contribution in [3.05, 3.63) is 65.7 Å². The molecule has 0 aliphatic carbocycles. The quantitative estimate of drug-likeness (QED) is 0.641. The Balaban J connectivity index is 2.14. The summed E-state index contributed by atoms with van der Waals surface area (Å²) in [6.45, 7) is 0.0925. The van der Waals surface area contributed by atoms with E-state index in [0.717, 1.165) is 17.7 Å². The fourth-order valence-corrected chi connectivity index (χ4v) is 1.86. The third kappa shape index (κ3) is 3.47. The van der Waals surface area contributed by atoms with Gasteiger partial charge in [-0.15, -0.1) is 0 Å². The molecule has 24 heavy (non-hydrogen) atoms. The molecule has 8 heteroatoms. The second-order valence-electron chi connectivity index (χ2n) is 4.95. The molecule has 2 rings (SSSR count). The standard InChI is InChI=1S/C16H11F7O/c17-14(18,15(19,20)16(21,22)23)12-6-8-13(9-7-12)24-10-11-4-2-1-3-5-11/h1-9H,10H2. The van der Waals surface area contributed by atoms with Crippen LogP contribution in [0.15, 0.2) is 54.6 Å². The lowest BCUT2D eigenvalue weighted by Crippen LogP contribution is -2.49. The second-order valence-corrected chi connectivity index (χ2v) is 4.95. The SMILES string of the molecule is FC(F)(F)C(F)(F)C(F)(F)c1ccc(OCc2ccccc2)cc1. The van der Waals surface area contributed by atoms with Crippen LogP contribution in [0.3, 0.4) is 0 Å². The van der Waals surface area contributed by atoms with Gasteiger partial charge in [0, 0.05) is 5.56 Å². The summed E-state index contributed by atoms with van der Waals surface area (Å²) in [6.07, 6.45) is -6.36. The van der Waals surface area contributed by atoms with Crippen molar-refractivity contribution in [3.8, 4) is 5.75 Å². The van der Waals surface area contributed by atoms with Gasteiger partial charge in [0.2, 0.25) is 0 Å². The lowest BCUT2D eigenvalue weighted by atomic mass is 10.0. The highest BCUT2D eigenvalue weighted by Crippen LogP contribution is 2.51. The molecular weight excluding hydrogens is 341 g/mol. The van der Waals surface area contributed by atoms with Gasteiger partial charge in [-0.05, 0) is 29.8 Å². The molecule has 0 atom stereocenters. The molecule has 130 valence electrons. The van der Waals surface area contributed by atoms with Gasteiger partial charge >= 0.3 is 18.0 Å². The fraction of sp³-hybridized carbons (Fsp3) is 0.250. The number of rotatable bonds is 5. The van der Waals surface area contributed by atoms with Crippen LogP contribution in [0.2, 0.25) is 0 Å². The van der Waals surface area contributed by atoms with Crippen LogP contribution in [-0.2, 0) is 12.5 Å². The zero-order valence-electron chi connectivity index (χ0n) is 12.0. The van der Waals surface area contributed by atoms with E-state index < -0.39 is 23.6 Å². The maximum atomic E-state index is 13.5. The Morgan fingerprint density at radius 1 is 0.708 bits per heavy atom. The average Bonchev–Trinajstić information content (AvgIpc) is 2.53. The summed E-state index contributed by atoms with van der Waals surface area (Å²) < 4.78 is 94.6. The van der Waals surface area contributed by atoms with E-state index in [-0.39, 0.29) is 12.4 Å². The largest absolute Gasteiger partial charge is 0.489 e. The Morgan fingerprint density at radius 2 is 1.25 bits per heavy atom. The summed E-state index contributed by atoms with van der Waals surface area (Å²) in [7, 11) is 0. The Hall–Kier alpha value is -2.25. The predicted molar refractivity (Wildman–Crippen MR) is 72.1 cm³/mol. The number of hydrogen-bond donors (Lipinski definition) is 0. The van der Waals surface area contributed by atoms with Gasteiger partial charge in [0.15, 0.2) is 0 Å². The highest BCUT2D eigenvalue weighted by Gasteiger charge is 2.73. The predicted octanol–water partition coefficient (Wildman–Crippen LogP) is 5.56. The highest BCUT2D eigenvalue weighted by molar-refractivity contribution is 5.31. The van der Waals surface area contributed by atoms with Gasteiger partial charge in [-0.2, -0.15) is 30.7 Å². The Morgan fingerprint density at radius 3 is 1.75 bits per heavy atom. The molecule has 1 nitrogen and oxygen atoms in total. The molecule has 0 fully saturated rings. The molecule has 0 N–H and O–H groups in total. The molecule has 0 amide bonds. The van der Waals surface area contributed by atoms with Crippen LogP contribution < -0.4 is 4.74 Å². The number of halogens is 7. The fourth-order valence-electron chi connectivity index (χ4n) is 1.86. The molecule has 0 bridgehead atoms. The molecular formula is C16H11F7O. The van der Waals surface area contributed by atoms with E-state index in [0.29, 0.717) is 12.1 Å². The second kappa shape index (κ2) is 6.33. The first-order valence-electron chi connectivity index (χ1n) is 6.65. The maximum Gasteiger partial charge on any atom is 0.460 e. The van der Waals surface area contributed by atoms with Gasteiger partial charge in [-0.1, -0.05) is 30.3 Å². The van der Waals surface area contributed by atoms with E-state index in [2.05, 4.69) is 0 Å². The smallest absolute Gasteiger partial charge is 0.460 e. The molecule has 0 unspecified atom stereocenters. The summed E-state index contributed by atoms with van der Waals surface area (Å²) >= 11 is 0. The van der Waals surface area contributed by atoms with Crippen molar-refractivity contribution in [1.29, 1.82) is 0 Å². The minimum atomic E-state index is -6.36. The van der Waals surface area contributed by atoms with E-state index in [1.54, 1.807) is 30.3 Å². The first-order valence-corrected chi connectivity index (χ1v) is 6.65. The first kappa shape index (κ1) is 18.1. The van der Waals surface area contributed by atoms with Crippen molar-refractivity contribution < 1.29 is 35.5 Å². The molecule has 0 saturated carbocycles. The molecule has 0 saturated heterocycles. The van der Waals surface area contributed by atoms with Crippen LogP contribution in [-0.4, -0.2) is 12.1 Å². The van der Waals surface area contributed by atoms with Crippen molar-refractivity contribution >= 4 is 0 Å². The molecule has 0 spiro atoms. The zero-order chi connectivity index (χ0) is 18.0. The van der Waals surface area contributed by atoms with Crippen LogP contribution in [0.4, 0.5) is 30.7 Å². The molecule has 2 aromatic carbocycles. The van der Waals surface area contributed by atoms with E-state index in [9.17, 15) is 30.7 Å². The molecule has 0 radical (unpaired) electrons. The minimum absolute atomic E-state index is 0.0636. The summed E-state index contributed by atoms with van der Waals surface area (Å²) in [4.78, 5) is 0. The van der Waals surface area contributed by atoms with Crippen LogP contribution in [0, 0.1) is 0 Å². The third-order valence-corrected chi connectivity index (χ3v) is 3.22. The van der Waals surface area contributed by atoms with Gasteiger partial charge in [0.25, 0.3) is 0 Å². The van der Waals surface area contributed by atoms with Crippen molar-refractivity contribution in [2.45, 2.75) is 24.6 Å². The molecule has 0 aromatic heterocycles. The Bertz CT molecular complexity index is 663. The molecule has 0 aliphatic rings. The van der Waals surface area contributed by atoms with Gasteiger partial charge in [-0.25, -0.2) is 0 Å². The van der Waals surface area contributed by atoms with E-state index in [4.69, 9.17) is 4.74 Å². The van der Waals surface area contributed by atoms with Crippen molar-refractivity contribution in [3.63, 3.8) is 0 Å². The summed E-state index contributed by atoms with van der Waals surface area (Å²) in [5.41, 5.74) is -0.674. The van der Waals surface area contributed by atoms with Gasteiger partial charge in [-0.3, -0.25) is 0 Å². The van der Waals surface area contributed by atoms with Crippen molar-refractivity contribution in [1.82, 2.24) is 0 Å². The van der Waals surface area contributed by atoms with E-state index >= 15 is 0 Å². The van der Waals surface area contributed by atoms with E-state index in [1.807, 2.05) is 0 Å². The number of benzene rings is 2. The Kier molecular flexibility index (Phi) is 4.77. The lowest BCUT2D eigenvalue weighted by molar-refractivity contribution is -0.359. The molecule has 0 aliphatic heterocycles. The Labute approximate surface area is 132 Å².